The molecule has 27 heavy (non-hydrogen) atoms. The van der Waals surface area contributed by atoms with Gasteiger partial charge in [0.2, 0.25) is 5.91 Å². The quantitative estimate of drug-likeness (QED) is 0.580. The zero-order valence-electron chi connectivity index (χ0n) is 15.3. The monoisotopic (exact) mass is 375 g/mol. The number of aliphatic hydroxyl groups is 2. The van der Waals surface area contributed by atoms with Crippen molar-refractivity contribution in [3.63, 3.8) is 0 Å². The fraction of sp³-hybridized carbons (Fsp3) is 0.526. The van der Waals surface area contributed by atoms with E-state index < -0.39 is 29.4 Å². The van der Waals surface area contributed by atoms with E-state index in [1.807, 2.05) is 6.07 Å². The van der Waals surface area contributed by atoms with Gasteiger partial charge in [0.1, 0.15) is 0 Å². The summed E-state index contributed by atoms with van der Waals surface area (Å²) in [7, 11) is 0. The molecule has 3 amide bonds. The Balaban J connectivity index is 1.57. The lowest BCUT2D eigenvalue weighted by molar-refractivity contribution is -0.154. The van der Waals surface area contributed by atoms with E-state index in [0.717, 1.165) is 12.0 Å². The van der Waals surface area contributed by atoms with Gasteiger partial charge in [0.05, 0.1) is 5.41 Å². The van der Waals surface area contributed by atoms with Gasteiger partial charge in [-0.05, 0) is 37.8 Å². The van der Waals surface area contributed by atoms with Gasteiger partial charge in [0.25, 0.3) is 11.8 Å². The Labute approximate surface area is 157 Å². The molecule has 3 rings (SSSR count). The van der Waals surface area contributed by atoms with Crippen molar-refractivity contribution in [2.45, 2.75) is 38.4 Å². The van der Waals surface area contributed by atoms with Crippen molar-refractivity contribution in [2.75, 3.05) is 25.0 Å². The third-order valence-corrected chi connectivity index (χ3v) is 5.63. The molecule has 2 fully saturated rings. The molecule has 8 nitrogen and oxygen atoms in total. The minimum atomic E-state index is -1.87. The highest BCUT2D eigenvalue weighted by molar-refractivity contribution is 5.99. The highest BCUT2D eigenvalue weighted by atomic mass is 16.3. The predicted octanol–water partition coefficient (Wildman–Crippen LogP) is -0.216. The maximum Gasteiger partial charge on any atom is 0.256 e. The molecule has 1 aromatic rings. The molecule has 0 bridgehead atoms. The zero-order chi connectivity index (χ0) is 19.6. The SMILES string of the molecule is Cc1ccccc1NC(=O)[C@H](O)[C@@H](O)C(=O)N1CCC2(CCNC2=O)CC1. The van der Waals surface area contributed by atoms with Crippen molar-refractivity contribution in [1.82, 2.24) is 10.2 Å². The molecule has 8 heteroatoms. The summed E-state index contributed by atoms with van der Waals surface area (Å²) in [5.41, 5.74) is 0.881. The largest absolute Gasteiger partial charge is 0.380 e. The number of anilines is 1. The van der Waals surface area contributed by atoms with Crippen molar-refractivity contribution in [3.8, 4) is 0 Å². The van der Waals surface area contributed by atoms with E-state index in [0.29, 0.717) is 38.2 Å². The molecule has 4 N–H and O–H groups in total. The number of benzene rings is 1. The Morgan fingerprint density at radius 2 is 1.81 bits per heavy atom. The number of amides is 3. The van der Waals surface area contributed by atoms with Crippen LogP contribution in [0.1, 0.15) is 24.8 Å². The lowest BCUT2D eigenvalue weighted by Crippen LogP contribution is -2.53. The summed E-state index contributed by atoms with van der Waals surface area (Å²) in [6.07, 6.45) is -1.94. The second kappa shape index (κ2) is 7.66. The normalized spacial score (nSPS) is 20.9. The number of carbonyl (C=O) groups is 3. The van der Waals surface area contributed by atoms with Gasteiger partial charge in [-0.15, -0.1) is 0 Å². The Morgan fingerprint density at radius 3 is 2.41 bits per heavy atom. The second-order valence-electron chi connectivity index (χ2n) is 7.31. The van der Waals surface area contributed by atoms with Crippen LogP contribution >= 0.6 is 0 Å². The maximum absolute atomic E-state index is 12.5. The number of nitrogens with one attached hydrogen (secondary N) is 2. The van der Waals surface area contributed by atoms with Gasteiger partial charge in [-0.3, -0.25) is 14.4 Å². The Morgan fingerprint density at radius 1 is 1.15 bits per heavy atom. The van der Waals surface area contributed by atoms with E-state index >= 15 is 0 Å². The third kappa shape index (κ3) is 3.81. The van der Waals surface area contributed by atoms with Crippen LogP contribution in [0.25, 0.3) is 0 Å². The summed E-state index contributed by atoms with van der Waals surface area (Å²) in [6.45, 7) is 3.07. The molecule has 0 aliphatic carbocycles. The minimum absolute atomic E-state index is 0.0211. The lowest BCUT2D eigenvalue weighted by Gasteiger charge is -2.38. The van der Waals surface area contributed by atoms with Crippen LogP contribution in [-0.4, -0.2) is 64.7 Å². The van der Waals surface area contributed by atoms with E-state index in [4.69, 9.17) is 0 Å². The average molecular weight is 375 g/mol. The Bertz CT molecular complexity index is 743. The lowest BCUT2D eigenvalue weighted by atomic mass is 9.77. The Hall–Kier alpha value is -2.45. The van der Waals surface area contributed by atoms with Crippen molar-refractivity contribution >= 4 is 23.4 Å². The molecule has 0 radical (unpaired) electrons. The van der Waals surface area contributed by atoms with Crippen LogP contribution in [0.2, 0.25) is 0 Å². The summed E-state index contributed by atoms with van der Waals surface area (Å²) in [4.78, 5) is 38.1. The highest BCUT2D eigenvalue weighted by Crippen LogP contribution is 2.38. The molecule has 1 aromatic carbocycles. The number of nitrogens with zero attached hydrogens (tertiary/aromatic N) is 1. The van der Waals surface area contributed by atoms with E-state index in [9.17, 15) is 24.6 Å². The fourth-order valence-electron chi connectivity index (χ4n) is 3.73. The molecule has 2 aliphatic rings. The molecule has 0 unspecified atom stereocenters. The van der Waals surface area contributed by atoms with Gasteiger partial charge < -0.3 is 25.7 Å². The van der Waals surface area contributed by atoms with E-state index in [2.05, 4.69) is 10.6 Å². The molecule has 0 saturated carbocycles. The zero-order valence-corrected chi connectivity index (χ0v) is 15.3. The molecule has 146 valence electrons. The number of para-hydroxylation sites is 1. The molecular formula is C19H25N3O5. The first-order valence-electron chi connectivity index (χ1n) is 9.14. The van der Waals surface area contributed by atoms with Crippen LogP contribution in [-0.2, 0) is 14.4 Å². The topological polar surface area (TPSA) is 119 Å². The van der Waals surface area contributed by atoms with E-state index in [1.165, 1.54) is 4.90 Å². The van der Waals surface area contributed by atoms with Gasteiger partial charge in [-0.2, -0.15) is 0 Å². The number of hydrogen-bond acceptors (Lipinski definition) is 5. The minimum Gasteiger partial charge on any atom is -0.380 e. The van der Waals surface area contributed by atoms with Gasteiger partial charge in [-0.25, -0.2) is 0 Å². The van der Waals surface area contributed by atoms with Crippen LogP contribution in [0.3, 0.4) is 0 Å². The van der Waals surface area contributed by atoms with Crippen LogP contribution in [0, 0.1) is 12.3 Å². The molecule has 2 heterocycles. The van der Waals surface area contributed by atoms with Crippen LogP contribution in [0.15, 0.2) is 24.3 Å². The van der Waals surface area contributed by atoms with E-state index in [-0.39, 0.29) is 5.91 Å². The summed E-state index contributed by atoms with van der Waals surface area (Å²) < 4.78 is 0. The number of rotatable bonds is 4. The first kappa shape index (κ1) is 19.3. The van der Waals surface area contributed by atoms with Gasteiger partial charge in [0.15, 0.2) is 12.2 Å². The number of aryl methyl sites for hydroxylation is 1. The van der Waals surface area contributed by atoms with Crippen LogP contribution < -0.4 is 10.6 Å². The van der Waals surface area contributed by atoms with Crippen LogP contribution in [0.4, 0.5) is 5.69 Å². The van der Waals surface area contributed by atoms with Crippen molar-refractivity contribution in [2.24, 2.45) is 5.41 Å². The van der Waals surface area contributed by atoms with Crippen molar-refractivity contribution in [1.29, 1.82) is 0 Å². The first-order chi connectivity index (χ1) is 12.8. The molecule has 2 aliphatic heterocycles. The first-order valence-corrected chi connectivity index (χ1v) is 9.14. The average Bonchev–Trinajstić information content (AvgIpc) is 3.02. The molecule has 0 aromatic heterocycles. The number of carbonyl (C=O) groups excluding carboxylic acids is 3. The van der Waals surface area contributed by atoms with E-state index in [1.54, 1.807) is 25.1 Å². The fourth-order valence-corrected chi connectivity index (χ4v) is 3.73. The van der Waals surface area contributed by atoms with Gasteiger partial charge >= 0.3 is 0 Å². The number of piperidine rings is 1. The predicted molar refractivity (Wildman–Crippen MR) is 97.7 cm³/mol. The molecule has 1 spiro atoms. The summed E-state index contributed by atoms with van der Waals surface area (Å²) in [6, 6.07) is 7.02. The van der Waals surface area contributed by atoms with Crippen LogP contribution in [0.5, 0.6) is 0 Å². The highest BCUT2D eigenvalue weighted by Gasteiger charge is 2.46. The number of aliphatic hydroxyl groups excluding tert-OH is 2. The molecular weight excluding hydrogens is 350 g/mol. The van der Waals surface area contributed by atoms with Gasteiger partial charge in [-0.1, -0.05) is 18.2 Å². The molecule has 2 atom stereocenters. The second-order valence-corrected chi connectivity index (χ2v) is 7.31. The van der Waals surface area contributed by atoms with Crippen molar-refractivity contribution in [3.05, 3.63) is 29.8 Å². The summed E-state index contributed by atoms with van der Waals surface area (Å²) >= 11 is 0. The summed E-state index contributed by atoms with van der Waals surface area (Å²) in [5, 5.41) is 25.6. The molecule has 2 saturated heterocycles. The van der Waals surface area contributed by atoms with Crippen molar-refractivity contribution < 1.29 is 24.6 Å². The number of hydrogen-bond donors (Lipinski definition) is 4. The summed E-state index contributed by atoms with van der Waals surface area (Å²) in [5.74, 6) is -1.52. The van der Waals surface area contributed by atoms with Gasteiger partial charge in [0, 0.05) is 25.3 Å². The number of likely N-dealkylation sites (tertiary alicyclic amines) is 1. The smallest absolute Gasteiger partial charge is 0.256 e. The third-order valence-electron chi connectivity index (χ3n) is 5.63. The maximum atomic E-state index is 12.5. The Kier molecular flexibility index (Phi) is 5.48. The standard InChI is InChI=1S/C19H25N3O5/c1-12-4-2-3-5-13(12)21-16(25)14(23)15(24)17(26)22-10-7-19(8-11-22)6-9-20-18(19)27/h2-5,14-15,23-24H,6-11H2,1H3,(H,20,27)(H,21,25)/t14-,15-/m1/s1.